The van der Waals surface area contributed by atoms with Crippen molar-refractivity contribution < 1.29 is 13.2 Å². The number of nitrogens with two attached hydrogens (primary N) is 1. The van der Waals surface area contributed by atoms with Gasteiger partial charge in [-0.2, -0.15) is 0 Å². The molecule has 1 aromatic carbocycles. The molecule has 2 aliphatic heterocycles. The first-order valence-corrected chi connectivity index (χ1v) is 9.70. The van der Waals surface area contributed by atoms with Gasteiger partial charge in [0.2, 0.25) is 0 Å². The van der Waals surface area contributed by atoms with Crippen LogP contribution in [0.5, 0.6) is 5.75 Å². The minimum absolute atomic E-state index is 0.0510. The van der Waals surface area contributed by atoms with Crippen LogP contribution in [0.4, 0.5) is 0 Å². The smallest absolute Gasteiger partial charge is 0.150 e. The summed E-state index contributed by atoms with van der Waals surface area (Å²) >= 11 is 3.53. The second-order valence-corrected chi connectivity index (χ2v) is 8.94. The average Bonchev–Trinajstić information content (AvgIpc) is 3.01. The number of halogens is 1. The fourth-order valence-corrected chi connectivity index (χ4v) is 5.67. The van der Waals surface area contributed by atoms with Gasteiger partial charge in [-0.3, -0.25) is 11.3 Å². The molecule has 0 aromatic heterocycles. The van der Waals surface area contributed by atoms with Crippen molar-refractivity contribution >= 4 is 25.8 Å². The number of ether oxygens (including phenoxy) is 1. The zero-order valence-corrected chi connectivity index (χ0v) is 14.0. The van der Waals surface area contributed by atoms with Crippen molar-refractivity contribution in [3.8, 4) is 5.75 Å². The first-order valence-electron chi connectivity index (χ1n) is 7.09. The van der Waals surface area contributed by atoms with E-state index in [2.05, 4.69) is 27.4 Å². The summed E-state index contributed by atoms with van der Waals surface area (Å²) in [5, 5.41) is 0. The topological polar surface area (TPSA) is 81.4 Å². The van der Waals surface area contributed by atoms with Gasteiger partial charge in [-0.05, 0) is 42.0 Å². The van der Waals surface area contributed by atoms with E-state index >= 15 is 0 Å². The van der Waals surface area contributed by atoms with E-state index in [4.69, 9.17) is 10.6 Å². The lowest BCUT2D eigenvalue weighted by molar-refractivity contribution is 0.344. The maximum atomic E-state index is 11.7. The third-order valence-corrected chi connectivity index (χ3v) is 6.57. The quantitative estimate of drug-likeness (QED) is 0.611. The predicted octanol–water partition coefficient (Wildman–Crippen LogP) is 1.19. The number of hydrogen-bond donors (Lipinski definition) is 2. The van der Waals surface area contributed by atoms with Crippen LogP contribution in [0.25, 0.3) is 0 Å². The molecule has 0 bridgehead atoms. The van der Waals surface area contributed by atoms with Crippen LogP contribution < -0.4 is 16.0 Å². The Labute approximate surface area is 133 Å². The molecule has 0 amide bonds. The average molecular weight is 375 g/mol. The molecule has 2 unspecified atom stereocenters. The van der Waals surface area contributed by atoms with E-state index in [9.17, 15) is 8.42 Å². The zero-order valence-electron chi connectivity index (χ0n) is 11.6. The van der Waals surface area contributed by atoms with E-state index in [1.54, 1.807) is 0 Å². The lowest BCUT2D eigenvalue weighted by Crippen LogP contribution is -2.43. The number of sulfone groups is 1. The van der Waals surface area contributed by atoms with Crippen molar-refractivity contribution in [1.29, 1.82) is 0 Å². The van der Waals surface area contributed by atoms with Gasteiger partial charge in [0.05, 0.1) is 18.1 Å². The van der Waals surface area contributed by atoms with Crippen molar-refractivity contribution in [3.63, 3.8) is 0 Å². The summed E-state index contributed by atoms with van der Waals surface area (Å²) in [4.78, 5) is 0. The fraction of sp³-hybridized carbons (Fsp3) is 0.571. The highest BCUT2D eigenvalue weighted by molar-refractivity contribution is 9.10. The van der Waals surface area contributed by atoms with Crippen molar-refractivity contribution in [1.82, 2.24) is 5.43 Å². The van der Waals surface area contributed by atoms with Gasteiger partial charge in [-0.25, -0.2) is 8.42 Å². The SMILES string of the molecule is NNC(Cc1cc(Br)cc2c1OCC2)C1CCS(=O)(=O)C1. The highest BCUT2D eigenvalue weighted by Gasteiger charge is 2.34. The van der Waals surface area contributed by atoms with Gasteiger partial charge in [-0.15, -0.1) is 0 Å². The van der Waals surface area contributed by atoms with Crippen LogP contribution in [-0.4, -0.2) is 32.6 Å². The lowest BCUT2D eigenvalue weighted by Gasteiger charge is -2.22. The molecule has 3 N–H and O–H groups in total. The Hall–Kier alpha value is -0.630. The van der Waals surface area contributed by atoms with Crippen molar-refractivity contribution in [2.75, 3.05) is 18.1 Å². The standard InChI is InChI=1S/C14H19BrN2O3S/c15-12-5-9-1-3-20-14(9)11(6-12)7-13(17-16)10-2-4-21(18,19)8-10/h5-6,10,13,17H,1-4,7-8,16H2. The largest absolute Gasteiger partial charge is 0.493 e. The predicted molar refractivity (Wildman–Crippen MR) is 84.9 cm³/mol. The van der Waals surface area contributed by atoms with Crippen LogP contribution in [0.2, 0.25) is 0 Å². The van der Waals surface area contributed by atoms with Gasteiger partial charge < -0.3 is 4.74 Å². The minimum Gasteiger partial charge on any atom is -0.493 e. The molecule has 0 radical (unpaired) electrons. The van der Waals surface area contributed by atoms with Crippen LogP contribution in [0, 0.1) is 5.92 Å². The van der Waals surface area contributed by atoms with E-state index < -0.39 is 9.84 Å². The van der Waals surface area contributed by atoms with Crippen LogP contribution >= 0.6 is 15.9 Å². The van der Waals surface area contributed by atoms with Gasteiger partial charge in [-0.1, -0.05) is 15.9 Å². The molecule has 2 atom stereocenters. The van der Waals surface area contributed by atoms with Gasteiger partial charge in [0.25, 0.3) is 0 Å². The van der Waals surface area contributed by atoms with E-state index in [1.165, 1.54) is 5.56 Å². The Kier molecular flexibility index (Phi) is 4.27. The Morgan fingerprint density at radius 1 is 1.48 bits per heavy atom. The van der Waals surface area contributed by atoms with Crippen LogP contribution in [-0.2, 0) is 22.7 Å². The highest BCUT2D eigenvalue weighted by Crippen LogP contribution is 2.35. The molecule has 116 valence electrons. The number of hydrazine groups is 1. The summed E-state index contributed by atoms with van der Waals surface area (Å²) in [6, 6.07) is 4.07. The Morgan fingerprint density at radius 2 is 2.29 bits per heavy atom. The molecule has 0 spiro atoms. The van der Waals surface area contributed by atoms with Gasteiger partial charge in [0, 0.05) is 16.9 Å². The second-order valence-electron chi connectivity index (χ2n) is 5.79. The van der Waals surface area contributed by atoms with E-state index in [-0.39, 0.29) is 23.5 Å². The Bertz CT molecular complexity index is 648. The lowest BCUT2D eigenvalue weighted by atomic mass is 9.92. The molecule has 21 heavy (non-hydrogen) atoms. The second kappa shape index (κ2) is 5.87. The van der Waals surface area contributed by atoms with Gasteiger partial charge in [0.15, 0.2) is 9.84 Å². The Morgan fingerprint density at radius 3 is 2.95 bits per heavy atom. The molecule has 2 aliphatic rings. The molecule has 1 aromatic rings. The molecule has 5 nitrogen and oxygen atoms in total. The van der Waals surface area contributed by atoms with Crippen molar-refractivity contribution in [2.45, 2.75) is 25.3 Å². The maximum absolute atomic E-state index is 11.7. The van der Waals surface area contributed by atoms with Gasteiger partial charge >= 0.3 is 0 Å². The monoisotopic (exact) mass is 374 g/mol. The zero-order chi connectivity index (χ0) is 15.0. The molecule has 0 aliphatic carbocycles. The molecule has 1 saturated heterocycles. The van der Waals surface area contributed by atoms with Crippen LogP contribution in [0.15, 0.2) is 16.6 Å². The minimum atomic E-state index is -2.90. The first kappa shape index (κ1) is 15.3. The molecule has 2 heterocycles. The molecule has 3 rings (SSSR count). The number of hydrogen-bond acceptors (Lipinski definition) is 5. The summed E-state index contributed by atoms with van der Waals surface area (Å²) in [5.74, 6) is 7.17. The van der Waals surface area contributed by atoms with Gasteiger partial charge in [0.1, 0.15) is 5.75 Å². The normalized spacial score (nSPS) is 24.6. The third kappa shape index (κ3) is 3.26. The molecule has 7 heteroatoms. The number of rotatable bonds is 4. The van der Waals surface area contributed by atoms with E-state index in [1.807, 2.05) is 6.07 Å². The van der Waals surface area contributed by atoms with Crippen LogP contribution in [0.1, 0.15) is 17.5 Å². The molecule has 1 fully saturated rings. The first-order chi connectivity index (χ1) is 9.98. The molecular weight excluding hydrogens is 356 g/mol. The summed E-state index contributed by atoms with van der Waals surface area (Å²) in [5.41, 5.74) is 5.10. The van der Waals surface area contributed by atoms with Crippen LogP contribution in [0.3, 0.4) is 0 Å². The number of nitrogens with one attached hydrogen (secondary N) is 1. The molecule has 0 saturated carbocycles. The summed E-state index contributed by atoms with van der Waals surface area (Å²) in [6.07, 6.45) is 2.27. The Balaban J connectivity index is 1.82. The fourth-order valence-electron chi connectivity index (χ4n) is 3.24. The number of benzene rings is 1. The van der Waals surface area contributed by atoms with E-state index in [0.29, 0.717) is 19.4 Å². The summed E-state index contributed by atoms with van der Waals surface area (Å²) in [6.45, 7) is 0.706. The van der Waals surface area contributed by atoms with Crippen molar-refractivity contribution in [3.05, 3.63) is 27.7 Å². The van der Waals surface area contributed by atoms with Crippen molar-refractivity contribution in [2.24, 2.45) is 11.8 Å². The highest BCUT2D eigenvalue weighted by atomic mass is 79.9. The summed E-state index contributed by atoms with van der Waals surface area (Å²) < 4.78 is 30.1. The molecular formula is C14H19BrN2O3S. The van der Waals surface area contributed by atoms with E-state index in [0.717, 1.165) is 22.2 Å². The summed E-state index contributed by atoms with van der Waals surface area (Å²) in [7, 11) is -2.90. The third-order valence-electron chi connectivity index (χ3n) is 4.32. The maximum Gasteiger partial charge on any atom is 0.150 e. The number of fused-ring (bicyclic) bond motifs is 1.